The molecule has 3 aliphatic heterocycles. The fraction of sp³-hybridized carbons (Fsp3) is 0.439. The second-order valence-electron chi connectivity index (χ2n) is 22.7. The summed E-state index contributed by atoms with van der Waals surface area (Å²) in [6.07, 6.45) is 4.91. The van der Waals surface area contributed by atoms with E-state index in [4.69, 9.17) is 25.8 Å². The van der Waals surface area contributed by atoms with Crippen molar-refractivity contribution in [3.05, 3.63) is 106 Å². The van der Waals surface area contributed by atoms with E-state index in [1.807, 2.05) is 60.9 Å². The number of nitrogens with zero attached hydrogens (tertiary/aromatic N) is 4. The summed E-state index contributed by atoms with van der Waals surface area (Å²) in [6, 6.07) is 23.8. The van der Waals surface area contributed by atoms with Crippen molar-refractivity contribution >= 4 is 96.1 Å². The number of imide groups is 1. The Bertz CT molecular complexity index is 3390. The number of esters is 2. The van der Waals surface area contributed by atoms with E-state index in [1.54, 1.807) is 81.2 Å². The zero-order valence-electron chi connectivity index (χ0n) is 44.7. The maximum Gasteiger partial charge on any atom is 0.352 e. The SMILES string of the molecule is CC(C)(C)OC(=O)COc1c(C(=O)OC(C)(C)C)sc(-c2cccc(N[C@H]3CCN(S(=O)(=O)Cc4cccc(NC(=O)N5CCC(c6ccc7c(c6)c6cccnc6n7C6CCC(=O)NC6=O)CC5)c4)C(C)(C)C3)c2)c1Cl. The second-order valence-corrected chi connectivity index (χ2v) is 26.0. The number of amides is 4. The van der Waals surface area contributed by atoms with Crippen molar-refractivity contribution in [2.45, 2.75) is 134 Å². The number of benzene rings is 3. The molecule has 0 bridgehead atoms. The van der Waals surface area contributed by atoms with Crippen molar-refractivity contribution in [3.63, 3.8) is 0 Å². The van der Waals surface area contributed by atoms with Gasteiger partial charge in [0.25, 0.3) is 0 Å². The van der Waals surface area contributed by atoms with E-state index in [9.17, 15) is 32.4 Å². The van der Waals surface area contributed by atoms with Gasteiger partial charge in [0.2, 0.25) is 21.8 Å². The average Bonchev–Trinajstić information content (AvgIpc) is 4.01. The quantitative estimate of drug-likeness (QED) is 0.0729. The van der Waals surface area contributed by atoms with Gasteiger partial charge in [-0.2, -0.15) is 4.31 Å². The van der Waals surface area contributed by atoms with Gasteiger partial charge in [0.15, 0.2) is 17.2 Å². The number of hydrogen-bond donors (Lipinski definition) is 3. The Balaban J connectivity index is 0.805. The topological polar surface area (TPSA) is 208 Å². The smallest absolute Gasteiger partial charge is 0.352 e. The number of nitrogens with one attached hydrogen (secondary N) is 3. The lowest BCUT2D eigenvalue weighted by molar-refractivity contribution is -0.157. The van der Waals surface area contributed by atoms with Crippen LogP contribution in [0.1, 0.15) is 127 Å². The Morgan fingerprint density at radius 2 is 1.58 bits per heavy atom. The first-order valence-electron chi connectivity index (χ1n) is 26.0. The molecule has 1 unspecified atom stereocenters. The van der Waals surface area contributed by atoms with Gasteiger partial charge in [-0.25, -0.2) is 27.8 Å². The molecule has 0 aliphatic carbocycles. The summed E-state index contributed by atoms with van der Waals surface area (Å²) in [5.41, 5.74) is 2.97. The number of thiophene rings is 1. The molecular formula is C57H66ClN7O10S2. The van der Waals surface area contributed by atoms with E-state index in [1.165, 1.54) is 0 Å². The van der Waals surface area contributed by atoms with Crippen molar-refractivity contribution in [1.29, 1.82) is 0 Å². The van der Waals surface area contributed by atoms with Crippen molar-refractivity contribution in [2.75, 3.05) is 36.9 Å². The molecule has 9 rings (SSSR count). The minimum atomic E-state index is -3.81. The van der Waals surface area contributed by atoms with Gasteiger partial charge in [-0.3, -0.25) is 14.9 Å². The number of piperidine rings is 3. The molecule has 4 amide bonds. The highest BCUT2D eigenvalue weighted by Crippen LogP contribution is 2.47. The number of aromatic nitrogens is 2. The number of anilines is 2. The number of rotatable bonds is 13. The van der Waals surface area contributed by atoms with E-state index < -0.39 is 51.4 Å². The standard InChI is InChI=1S/C57H66ClN7O10S2/c1-55(2,3)74-46(67)32-73-48-47(58)49(76-50(48)53(69)75-56(4,5)6)37-13-10-15-39(29-37)60-40-23-27-64(57(7,8)31-40)77(71,72)33-34-12-9-14-38(28-34)61-54(70)63-25-21-35(22-26-63)36-17-18-43-42(30-36)41-16-11-24-59-51(41)65(43)44-19-20-45(66)62-52(44)68/h9-18,24,28-30,35,40,44,60H,19-23,25-27,31-33H2,1-8H3,(H,61,70)(H,62,66,68)/t40-,44?/m0/s1. The van der Waals surface area contributed by atoms with Gasteiger partial charge < -0.3 is 34.3 Å². The predicted molar refractivity (Wildman–Crippen MR) is 299 cm³/mol. The zero-order chi connectivity index (χ0) is 55.2. The Morgan fingerprint density at radius 3 is 2.30 bits per heavy atom. The summed E-state index contributed by atoms with van der Waals surface area (Å²) in [6.45, 7) is 15.2. The molecule has 2 atom stereocenters. The third kappa shape index (κ3) is 12.6. The Morgan fingerprint density at radius 1 is 0.857 bits per heavy atom. The van der Waals surface area contributed by atoms with Gasteiger partial charge in [0.05, 0.1) is 16.1 Å². The van der Waals surface area contributed by atoms with Crippen LogP contribution in [0.25, 0.3) is 32.4 Å². The lowest BCUT2D eigenvalue weighted by Gasteiger charge is -2.45. The lowest BCUT2D eigenvalue weighted by Crippen LogP contribution is -2.55. The van der Waals surface area contributed by atoms with Crippen molar-refractivity contribution in [1.82, 2.24) is 24.1 Å². The van der Waals surface area contributed by atoms with Crippen molar-refractivity contribution in [3.8, 4) is 16.2 Å². The molecule has 3 N–H and O–H groups in total. The lowest BCUT2D eigenvalue weighted by atomic mass is 9.88. The number of urea groups is 1. The molecule has 3 aromatic carbocycles. The summed E-state index contributed by atoms with van der Waals surface area (Å²) in [7, 11) is -3.81. The highest BCUT2D eigenvalue weighted by Gasteiger charge is 2.42. The summed E-state index contributed by atoms with van der Waals surface area (Å²) >= 11 is 8.03. The van der Waals surface area contributed by atoms with Crippen LogP contribution < -0.4 is 20.7 Å². The molecule has 3 aliphatic rings. The Labute approximate surface area is 458 Å². The average molecular weight is 1110 g/mol. The monoisotopic (exact) mass is 1110 g/mol. The van der Waals surface area contributed by atoms with Gasteiger partial charge in [0, 0.05) is 66.0 Å². The van der Waals surface area contributed by atoms with Crippen LogP contribution in [0.5, 0.6) is 5.75 Å². The van der Waals surface area contributed by atoms with E-state index in [0.29, 0.717) is 59.7 Å². The fourth-order valence-electron chi connectivity index (χ4n) is 10.7. The molecule has 20 heteroatoms. The van der Waals surface area contributed by atoms with Gasteiger partial charge in [-0.05, 0) is 159 Å². The molecule has 6 aromatic rings. The highest BCUT2D eigenvalue weighted by atomic mass is 35.5. The number of likely N-dealkylation sites (tertiary alicyclic amines) is 1. The maximum absolute atomic E-state index is 14.2. The first-order valence-corrected chi connectivity index (χ1v) is 28.8. The van der Waals surface area contributed by atoms with E-state index in [-0.39, 0.29) is 64.2 Å². The fourth-order valence-corrected chi connectivity index (χ4v) is 14.1. The molecular weight excluding hydrogens is 1040 g/mol. The van der Waals surface area contributed by atoms with Crippen LogP contribution in [0, 0.1) is 0 Å². The van der Waals surface area contributed by atoms with Gasteiger partial charge >= 0.3 is 18.0 Å². The number of carbonyl (C=O) groups excluding carboxylic acids is 5. The van der Waals surface area contributed by atoms with Crippen LogP contribution in [0.2, 0.25) is 5.02 Å². The van der Waals surface area contributed by atoms with Gasteiger partial charge in [0.1, 0.15) is 27.9 Å². The van der Waals surface area contributed by atoms with Crippen LogP contribution in [-0.2, 0) is 39.6 Å². The van der Waals surface area contributed by atoms with Crippen LogP contribution in [-0.4, -0.2) is 106 Å². The molecule has 6 heterocycles. The van der Waals surface area contributed by atoms with E-state index in [0.717, 1.165) is 51.7 Å². The molecule has 0 saturated carbocycles. The van der Waals surface area contributed by atoms with Crippen molar-refractivity contribution in [2.24, 2.45) is 0 Å². The highest BCUT2D eigenvalue weighted by molar-refractivity contribution is 7.88. The molecule has 0 radical (unpaired) electrons. The maximum atomic E-state index is 14.2. The van der Waals surface area contributed by atoms with Crippen LogP contribution in [0.4, 0.5) is 16.2 Å². The number of fused-ring (bicyclic) bond motifs is 3. The van der Waals surface area contributed by atoms with E-state index in [2.05, 4.69) is 33.1 Å². The van der Waals surface area contributed by atoms with Crippen LogP contribution >= 0.6 is 22.9 Å². The normalized spacial score (nSPS) is 18.7. The number of halogens is 1. The summed E-state index contributed by atoms with van der Waals surface area (Å²) in [5.74, 6) is -1.86. The third-order valence-corrected chi connectivity index (χ3v) is 17.7. The second kappa shape index (κ2) is 21.7. The molecule has 408 valence electrons. The number of hydrogen-bond acceptors (Lipinski definition) is 13. The minimum absolute atomic E-state index is 0.0343. The first-order chi connectivity index (χ1) is 36.3. The predicted octanol–water partition coefficient (Wildman–Crippen LogP) is 10.8. The molecule has 3 fully saturated rings. The largest absolute Gasteiger partial charge is 0.479 e. The zero-order valence-corrected chi connectivity index (χ0v) is 47.0. The first kappa shape index (κ1) is 55.2. The van der Waals surface area contributed by atoms with E-state index >= 15 is 0 Å². The number of ether oxygens (including phenoxy) is 3. The molecule has 3 aromatic heterocycles. The van der Waals surface area contributed by atoms with Crippen LogP contribution in [0.15, 0.2) is 85.1 Å². The Hall–Kier alpha value is -6.54. The third-order valence-electron chi connectivity index (χ3n) is 14.0. The van der Waals surface area contributed by atoms with Crippen molar-refractivity contribution < 1.29 is 46.6 Å². The van der Waals surface area contributed by atoms with Crippen LogP contribution in [0.3, 0.4) is 0 Å². The Kier molecular flexibility index (Phi) is 15.6. The molecule has 3 saturated heterocycles. The summed E-state index contributed by atoms with van der Waals surface area (Å²) < 4.78 is 48.9. The van der Waals surface area contributed by atoms with Gasteiger partial charge in [-0.15, -0.1) is 11.3 Å². The number of pyridine rings is 1. The van der Waals surface area contributed by atoms with Gasteiger partial charge in [-0.1, -0.05) is 41.9 Å². The molecule has 0 spiro atoms. The number of carbonyl (C=O) groups is 5. The number of sulfonamides is 1. The molecule has 17 nitrogen and oxygen atoms in total. The minimum Gasteiger partial charge on any atom is -0.479 e. The summed E-state index contributed by atoms with van der Waals surface area (Å²) in [5, 5.41) is 11.2. The summed E-state index contributed by atoms with van der Waals surface area (Å²) in [4.78, 5) is 71.7. The molecule has 77 heavy (non-hydrogen) atoms.